The summed E-state index contributed by atoms with van der Waals surface area (Å²) in [6.07, 6.45) is 0. The summed E-state index contributed by atoms with van der Waals surface area (Å²) in [5.74, 6) is 0.483. The summed E-state index contributed by atoms with van der Waals surface area (Å²) in [5.41, 5.74) is 13.4. The molecule has 1 aliphatic heterocycles. The van der Waals surface area contributed by atoms with Gasteiger partial charge in [-0.3, -0.25) is 4.79 Å². The lowest BCUT2D eigenvalue weighted by Crippen LogP contribution is -2.31. The summed E-state index contributed by atoms with van der Waals surface area (Å²) in [4.78, 5) is 15.4. The van der Waals surface area contributed by atoms with Gasteiger partial charge in [0.1, 0.15) is 0 Å². The Morgan fingerprint density at radius 1 is 1.08 bits per heavy atom. The molecular formula is C21H24Cl2N2O. The van der Waals surface area contributed by atoms with Crippen molar-refractivity contribution in [1.29, 1.82) is 0 Å². The van der Waals surface area contributed by atoms with E-state index in [-0.39, 0.29) is 36.6 Å². The van der Waals surface area contributed by atoms with Gasteiger partial charge in [-0.25, -0.2) is 0 Å². The monoisotopic (exact) mass is 390 g/mol. The van der Waals surface area contributed by atoms with Crippen LogP contribution in [0.1, 0.15) is 59.8 Å². The summed E-state index contributed by atoms with van der Waals surface area (Å²) < 4.78 is 0. The van der Waals surface area contributed by atoms with Crippen molar-refractivity contribution in [3.63, 3.8) is 0 Å². The molecule has 2 aromatic carbocycles. The smallest absolute Gasteiger partial charge is 0.193 e. The van der Waals surface area contributed by atoms with Crippen molar-refractivity contribution in [1.82, 2.24) is 0 Å². The quantitative estimate of drug-likeness (QED) is 0.775. The zero-order valence-corrected chi connectivity index (χ0v) is 16.8. The molecule has 2 aliphatic rings. The number of hydrogen-bond donors (Lipinski definition) is 1. The lowest BCUT2D eigenvalue weighted by molar-refractivity contribution is 0.103. The van der Waals surface area contributed by atoms with Crippen molar-refractivity contribution in [3.05, 3.63) is 70.3 Å². The van der Waals surface area contributed by atoms with Gasteiger partial charge in [-0.15, -0.1) is 24.8 Å². The van der Waals surface area contributed by atoms with Crippen LogP contribution in [0.2, 0.25) is 0 Å². The molecule has 0 bridgehead atoms. The van der Waals surface area contributed by atoms with Crippen LogP contribution < -0.4 is 10.6 Å². The highest BCUT2D eigenvalue weighted by Gasteiger charge is 2.40. The van der Waals surface area contributed by atoms with Crippen LogP contribution in [0.5, 0.6) is 0 Å². The number of ketones is 1. The summed E-state index contributed by atoms with van der Waals surface area (Å²) >= 11 is 0. The molecule has 0 saturated heterocycles. The number of Topliss-reactive ketones (excluding diaryl/α,β-unsaturated/α-hetero) is 1. The van der Waals surface area contributed by atoms with Gasteiger partial charge in [0.25, 0.3) is 0 Å². The lowest BCUT2D eigenvalue weighted by Gasteiger charge is -2.35. The summed E-state index contributed by atoms with van der Waals surface area (Å²) in [6.45, 7) is 7.22. The van der Waals surface area contributed by atoms with Gasteiger partial charge in [-0.2, -0.15) is 0 Å². The van der Waals surface area contributed by atoms with Gasteiger partial charge < -0.3 is 10.6 Å². The van der Waals surface area contributed by atoms with Crippen molar-refractivity contribution in [3.8, 4) is 0 Å². The van der Waals surface area contributed by atoms with Crippen molar-refractivity contribution in [2.45, 2.75) is 32.7 Å². The van der Waals surface area contributed by atoms with Crippen LogP contribution in [0.25, 0.3) is 5.70 Å². The largest absolute Gasteiger partial charge is 0.341 e. The molecule has 4 rings (SSSR count). The average Bonchev–Trinajstić information content (AvgIpc) is 2.88. The van der Waals surface area contributed by atoms with Crippen LogP contribution in [-0.4, -0.2) is 12.3 Å². The highest BCUT2D eigenvalue weighted by atomic mass is 35.5. The van der Waals surface area contributed by atoms with Crippen LogP contribution in [0, 0.1) is 0 Å². The van der Waals surface area contributed by atoms with E-state index in [2.05, 4.69) is 43.9 Å². The number of carbonyl (C=O) groups excluding carboxylic acids is 1. The molecule has 0 saturated carbocycles. The second-order valence-corrected chi connectivity index (χ2v) is 6.83. The average molecular weight is 391 g/mol. The van der Waals surface area contributed by atoms with E-state index in [0.717, 1.165) is 40.2 Å². The van der Waals surface area contributed by atoms with Gasteiger partial charge >= 0.3 is 0 Å². The first-order valence-electron chi connectivity index (χ1n) is 8.59. The molecule has 0 aromatic heterocycles. The minimum Gasteiger partial charge on any atom is -0.341 e. The molecule has 1 atom stereocenters. The molecule has 138 valence electrons. The Bertz CT molecular complexity index is 889. The Hall–Kier alpha value is -1.81. The van der Waals surface area contributed by atoms with E-state index in [1.165, 1.54) is 5.56 Å². The fourth-order valence-corrected chi connectivity index (χ4v) is 3.89. The fraction of sp³-hybridized carbons (Fsp3) is 0.286. The standard InChI is InChI=1S/C21H22N2O.2ClH/c1-4-23-17-8-6-5-7-15(17)19(22)18-20(23)14-10-9-13(12(2)3)11-16(14)21(18)24;;/h5-12,19H,4,22H2,1-3H3;2*1H. The third-order valence-corrected chi connectivity index (χ3v) is 5.17. The van der Waals surface area contributed by atoms with Gasteiger partial charge in [0.15, 0.2) is 5.78 Å². The second kappa shape index (κ2) is 7.43. The van der Waals surface area contributed by atoms with Gasteiger partial charge in [-0.1, -0.05) is 44.2 Å². The number of anilines is 1. The maximum absolute atomic E-state index is 13.1. The SMILES string of the molecule is CCN1C2=C(C(=O)c3cc(C(C)C)ccc32)C(N)c2ccccc21.Cl.Cl. The summed E-state index contributed by atoms with van der Waals surface area (Å²) in [5, 5.41) is 0. The number of nitrogens with two attached hydrogens (primary N) is 1. The van der Waals surface area contributed by atoms with Crippen molar-refractivity contribution < 1.29 is 4.79 Å². The maximum atomic E-state index is 13.1. The Morgan fingerprint density at radius 2 is 1.77 bits per heavy atom. The molecule has 0 amide bonds. The molecule has 1 aliphatic carbocycles. The molecule has 1 unspecified atom stereocenters. The zero-order valence-electron chi connectivity index (χ0n) is 15.2. The number of rotatable bonds is 2. The molecule has 2 aromatic rings. The first-order chi connectivity index (χ1) is 11.5. The van der Waals surface area contributed by atoms with Crippen molar-refractivity contribution in [2.24, 2.45) is 5.73 Å². The summed E-state index contributed by atoms with van der Waals surface area (Å²) in [7, 11) is 0. The van der Waals surface area contributed by atoms with E-state index in [0.29, 0.717) is 5.92 Å². The van der Waals surface area contributed by atoms with Crippen molar-refractivity contribution in [2.75, 3.05) is 11.4 Å². The number of halogens is 2. The van der Waals surface area contributed by atoms with Crippen LogP contribution in [0.4, 0.5) is 5.69 Å². The third kappa shape index (κ3) is 2.75. The lowest BCUT2D eigenvalue weighted by atomic mass is 9.91. The molecule has 0 radical (unpaired) electrons. The van der Waals surface area contributed by atoms with E-state index in [1.807, 2.05) is 24.3 Å². The first kappa shape index (κ1) is 20.5. The number of para-hydroxylation sites is 1. The molecule has 26 heavy (non-hydrogen) atoms. The molecule has 1 heterocycles. The molecule has 0 spiro atoms. The van der Waals surface area contributed by atoms with E-state index in [1.54, 1.807) is 0 Å². The highest BCUT2D eigenvalue weighted by Crippen LogP contribution is 2.48. The molecular weight excluding hydrogens is 367 g/mol. The van der Waals surface area contributed by atoms with Crippen molar-refractivity contribution >= 4 is 42.0 Å². The minimum atomic E-state index is -0.360. The van der Waals surface area contributed by atoms with Crippen LogP contribution in [-0.2, 0) is 0 Å². The van der Waals surface area contributed by atoms with Gasteiger partial charge in [0.05, 0.1) is 11.7 Å². The molecule has 3 nitrogen and oxygen atoms in total. The number of benzene rings is 2. The van der Waals surface area contributed by atoms with Crippen LogP contribution >= 0.6 is 24.8 Å². The third-order valence-electron chi connectivity index (χ3n) is 5.17. The predicted molar refractivity (Wildman–Crippen MR) is 113 cm³/mol. The number of hydrogen-bond acceptors (Lipinski definition) is 3. The Balaban J connectivity index is 0.00000121. The Labute approximate surface area is 167 Å². The predicted octanol–water partition coefficient (Wildman–Crippen LogP) is 5.10. The number of carbonyl (C=O) groups is 1. The minimum absolute atomic E-state index is 0. The first-order valence-corrected chi connectivity index (χ1v) is 8.59. The van der Waals surface area contributed by atoms with Gasteiger partial charge in [0, 0.05) is 28.9 Å². The molecule has 0 fully saturated rings. The molecule has 2 N–H and O–H groups in total. The van der Waals surface area contributed by atoms with Gasteiger partial charge in [-0.05, 0) is 36.1 Å². The Morgan fingerprint density at radius 3 is 2.42 bits per heavy atom. The van der Waals surface area contributed by atoms with E-state index in [4.69, 9.17) is 5.73 Å². The second-order valence-electron chi connectivity index (χ2n) is 6.83. The normalized spacial score (nSPS) is 17.3. The topological polar surface area (TPSA) is 46.3 Å². The van der Waals surface area contributed by atoms with E-state index < -0.39 is 0 Å². The number of fused-ring (bicyclic) bond motifs is 3. The fourth-order valence-electron chi connectivity index (χ4n) is 3.89. The zero-order chi connectivity index (χ0) is 17.0. The highest BCUT2D eigenvalue weighted by molar-refractivity contribution is 6.23. The van der Waals surface area contributed by atoms with Gasteiger partial charge in [0.2, 0.25) is 0 Å². The Kier molecular flexibility index (Phi) is 5.86. The number of nitrogens with zero attached hydrogens (tertiary/aromatic N) is 1. The summed E-state index contributed by atoms with van der Waals surface area (Å²) in [6, 6.07) is 14.0. The maximum Gasteiger partial charge on any atom is 0.193 e. The van der Waals surface area contributed by atoms with Crippen LogP contribution in [0.15, 0.2) is 48.0 Å². The van der Waals surface area contributed by atoms with E-state index in [9.17, 15) is 4.79 Å². The van der Waals surface area contributed by atoms with Crippen LogP contribution in [0.3, 0.4) is 0 Å². The van der Waals surface area contributed by atoms with E-state index >= 15 is 0 Å². The molecule has 5 heteroatoms.